The van der Waals surface area contributed by atoms with Crippen molar-refractivity contribution < 1.29 is 9.59 Å². The van der Waals surface area contributed by atoms with Gasteiger partial charge in [0.15, 0.2) is 0 Å². The molecular weight excluding hydrogens is 412 g/mol. The molecule has 0 atom stereocenters. The minimum Gasteiger partial charge on any atom is -0.348 e. The Morgan fingerprint density at radius 1 is 1.09 bits per heavy atom. The molecule has 4 nitrogen and oxygen atoms in total. The first-order valence-corrected chi connectivity index (χ1v) is 8.14. The normalized spacial score (nSPS) is 10.1. The standard InChI is InChI=1S/C16H14Br2N2O2/c1-10(21)20-15-13(7-12(17)8-14(15)18)16(22)19-9-11-5-3-2-4-6-11/h2-8H,9H2,1H3,(H,19,22)(H,20,21). The largest absolute Gasteiger partial charge is 0.348 e. The average Bonchev–Trinajstić information content (AvgIpc) is 2.48. The second-order valence-electron chi connectivity index (χ2n) is 4.66. The molecule has 0 fully saturated rings. The van der Waals surface area contributed by atoms with Crippen LogP contribution in [0.25, 0.3) is 0 Å². The van der Waals surface area contributed by atoms with Gasteiger partial charge in [0.25, 0.3) is 5.91 Å². The third-order valence-corrected chi connectivity index (χ3v) is 3.98. The van der Waals surface area contributed by atoms with Crippen LogP contribution in [0.4, 0.5) is 5.69 Å². The minimum atomic E-state index is -0.255. The van der Waals surface area contributed by atoms with Gasteiger partial charge in [-0.3, -0.25) is 9.59 Å². The molecule has 0 saturated carbocycles. The molecule has 0 aliphatic carbocycles. The molecule has 22 heavy (non-hydrogen) atoms. The first kappa shape index (κ1) is 16.7. The molecule has 0 radical (unpaired) electrons. The molecule has 0 saturated heterocycles. The van der Waals surface area contributed by atoms with E-state index in [2.05, 4.69) is 42.5 Å². The number of hydrogen-bond donors (Lipinski definition) is 2. The maximum atomic E-state index is 12.4. The number of anilines is 1. The zero-order chi connectivity index (χ0) is 16.1. The van der Waals surface area contributed by atoms with E-state index in [1.165, 1.54) is 6.92 Å². The summed E-state index contributed by atoms with van der Waals surface area (Å²) in [6.07, 6.45) is 0. The van der Waals surface area contributed by atoms with Crippen LogP contribution in [0.15, 0.2) is 51.4 Å². The van der Waals surface area contributed by atoms with E-state index in [1.54, 1.807) is 12.1 Å². The Kier molecular flexibility index (Phi) is 5.74. The van der Waals surface area contributed by atoms with Crippen molar-refractivity contribution in [3.05, 3.63) is 62.5 Å². The summed E-state index contributed by atoms with van der Waals surface area (Å²) in [7, 11) is 0. The summed E-state index contributed by atoms with van der Waals surface area (Å²) >= 11 is 6.72. The third kappa shape index (κ3) is 4.42. The maximum Gasteiger partial charge on any atom is 0.253 e. The maximum absolute atomic E-state index is 12.4. The van der Waals surface area contributed by atoms with Crippen LogP contribution in [-0.2, 0) is 11.3 Å². The lowest BCUT2D eigenvalue weighted by Crippen LogP contribution is -2.24. The predicted molar refractivity (Wildman–Crippen MR) is 93.8 cm³/mol. The summed E-state index contributed by atoms with van der Waals surface area (Å²) in [5.74, 6) is -0.491. The Morgan fingerprint density at radius 2 is 1.77 bits per heavy atom. The molecular formula is C16H14Br2N2O2. The second kappa shape index (κ2) is 7.56. The van der Waals surface area contributed by atoms with E-state index >= 15 is 0 Å². The smallest absolute Gasteiger partial charge is 0.253 e. The van der Waals surface area contributed by atoms with E-state index < -0.39 is 0 Å². The van der Waals surface area contributed by atoms with Gasteiger partial charge in [0.2, 0.25) is 5.91 Å². The second-order valence-corrected chi connectivity index (χ2v) is 6.43. The molecule has 2 aromatic carbocycles. The molecule has 0 aliphatic heterocycles. The summed E-state index contributed by atoms with van der Waals surface area (Å²) in [6, 6.07) is 13.1. The number of benzene rings is 2. The van der Waals surface area contributed by atoms with Crippen LogP contribution >= 0.6 is 31.9 Å². The Hall–Kier alpha value is -1.66. The van der Waals surface area contributed by atoms with E-state index in [4.69, 9.17) is 0 Å². The molecule has 2 aromatic rings. The molecule has 0 spiro atoms. The molecule has 2 amide bonds. The highest BCUT2D eigenvalue weighted by Crippen LogP contribution is 2.30. The SMILES string of the molecule is CC(=O)Nc1c(Br)cc(Br)cc1C(=O)NCc1ccccc1. The lowest BCUT2D eigenvalue weighted by molar-refractivity contribution is -0.114. The van der Waals surface area contributed by atoms with Gasteiger partial charge in [-0.1, -0.05) is 46.3 Å². The van der Waals surface area contributed by atoms with Gasteiger partial charge < -0.3 is 10.6 Å². The molecule has 0 aliphatic rings. The fraction of sp³-hybridized carbons (Fsp3) is 0.125. The third-order valence-electron chi connectivity index (χ3n) is 2.90. The van der Waals surface area contributed by atoms with Crippen molar-refractivity contribution in [2.75, 3.05) is 5.32 Å². The fourth-order valence-electron chi connectivity index (χ4n) is 1.93. The number of halogens is 2. The van der Waals surface area contributed by atoms with Crippen molar-refractivity contribution in [3.8, 4) is 0 Å². The van der Waals surface area contributed by atoms with Gasteiger partial charge in [-0.2, -0.15) is 0 Å². The van der Waals surface area contributed by atoms with Gasteiger partial charge in [-0.15, -0.1) is 0 Å². The van der Waals surface area contributed by atoms with Crippen LogP contribution < -0.4 is 10.6 Å². The Morgan fingerprint density at radius 3 is 2.41 bits per heavy atom. The number of nitrogens with one attached hydrogen (secondary N) is 2. The van der Waals surface area contributed by atoms with Crippen molar-refractivity contribution >= 4 is 49.4 Å². The van der Waals surface area contributed by atoms with Crippen LogP contribution in [-0.4, -0.2) is 11.8 Å². The number of carbonyl (C=O) groups excluding carboxylic acids is 2. The van der Waals surface area contributed by atoms with Gasteiger partial charge in [0.05, 0.1) is 11.3 Å². The highest BCUT2D eigenvalue weighted by Gasteiger charge is 2.16. The van der Waals surface area contributed by atoms with Gasteiger partial charge >= 0.3 is 0 Å². The Balaban J connectivity index is 2.22. The highest BCUT2D eigenvalue weighted by atomic mass is 79.9. The highest BCUT2D eigenvalue weighted by molar-refractivity contribution is 9.11. The van der Waals surface area contributed by atoms with Crippen molar-refractivity contribution in [3.63, 3.8) is 0 Å². The van der Waals surface area contributed by atoms with E-state index in [0.29, 0.717) is 22.3 Å². The first-order chi connectivity index (χ1) is 10.5. The molecule has 0 aromatic heterocycles. The lowest BCUT2D eigenvalue weighted by Gasteiger charge is -2.13. The number of hydrogen-bond acceptors (Lipinski definition) is 2. The molecule has 2 N–H and O–H groups in total. The topological polar surface area (TPSA) is 58.2 Å². The fourth-order valence-corrected chi connectivity index (χ4v) is 3.25. The number of carbonyl (C=O) groups is 2. The van der Waals surface area contributed by atoms with Crippen molar-refractivity contribution in [2.45, 2.75) is 13.5 Å². The monoisotopic (exact) mass is 424 g/mol. The number of amides is 2. The zero-order valence-electron chi connectivity index (χ0n) is 11.8. The summed E-state index contributed by atoms with van der Waals surface area (Å²) in [5.41, 5.74) is 1.86. The van der Waals surface area contributed by atoms with Crippen LogP contribution in [0, 0.1) is 0 Å². The molecule has 6 heteroatoms. The van der Waals surface area contributed by atoms with Crippen molar-refractivity contribution in [1.82, 2.24) is 5.32 Å². The van der Waals surface area contributed by atoms with Crippen LogP contribution in [0.2, 0.25) is 0 Å². The Labute approximate surface area is 145 Å². The van der Waals surface area contributed by atoms with Gasteiger partial charge in [-0.05, 0) is 33.6 Å². The molecule has 2 rings (SSSR count). The molecule has 0 heterocycles. The minimum absolute atomic E-state index is 0.236. The van der Waals surface area contributed by atoms with Gasteiger partial charge in [-0.25, -0.2) is 0 Å². The lowest BCUT2D eigenvalue weighted by atomic mass is 10.1. The van der Waals surface area contributed by atoms with Crippen molar-refractivity contribution in [2.24, 2.45) is 0 Å². The number of rotatable bonds is 4. The van der Waals surface area contributed by atoms with Gasteiger partial charge in [0.1, 0.15) is 0 Å². The zero-order valence-corrected chi connectivity index (χ0v) is 15.0. The quantitative estimate of drug-likeness (QED) is 0.774. The predicted octanol–water partition coefficient (Wildman–Crippen LogP) is 4.10. The van der Waals surface area contributed by atoms with Crippen molar-refractivity contribution in [1.29, 1.82) is 0 Å². The average molecular weight is 426 g/mol. The van der Waals surface area contributed by atoms with E-state index in [-0.39, 0.29) is 11.8 Å². The van der Waals surface area contributed by atoms with Crippen LogP contribution in [0.1, 0.15) is 22.8 Å². The molecule has 0 bridgehead atoms. The van der Waals surface area contributed by atoms with Crippen LogP contribution in [0.5, 0.6) is 0 Å². The summed E-state index contributed by atoms with van der Waals surface area (Å²) < 4.78 is 1.39. The van der Waals surface area contributed by atoms with E-state index in [0.717, 1.165) is 10.0 Å². The Bertz CT molecular complexity index is 703. The van der Waals surface area contributed by atoms with Gasteiger partial charge in [0, 0.05) is 22.4 Å². The molecule has 0 unspecified atom stereocenters. The summed E-state index contributed by atoms with van der Waals surface area (Å²) in [5, 5.41) is 5.53. The molecule has 114 valence electrons. The summed E-state index contributed by atoms with van der Waals surface area (Å²) in [6.45, 7) is 1.82. The first-order valence-electron chi connectivity index (χ1n) is 6.56. The summed E-state index contributed by atoms with van der Waals surface area (Å²) in [4.78, 5) is 23.7. The van der Waals surface area contributed by atoms with Crippen LogP contribution in [0.3, 0.4) is 0 Å². The van der Waals surface area contributed by atoms with E-state index in [1.807, 2.05) is 30.3 Å². The van der Waals surface area contributed by atoms with E-state index in [9.17, 15) is 9.59 Å².